The first-order chi connectivity index (χ1) is 8.63. The number of halogens is 1. The monoisotopic (exact) mass is 343 g/mol. The lowest BCUT2D eigenvalue weighted by atomic mass is 10.1. The summed E-state index contributed by atoms with van der Waals surface area (Å²) in [5.74, 6) is 0. The predicted octanol–water partition coefficient (Wildman–Crippen LogP) is 5.28. The van der Waals surface area contributed by atoms with E-state index < -0.39 is 0 Å². The van der Waals surface area contributed by atoms with Crippen LogP contribution in [0.4, 0.5) is 0 Å². The van der Waals surface area contributed by atoms with E-state index in [1.807, 2.05) is 11.3 Å². The molecule has 0 bridgehead atoms. The van der Waals surface area contributed by atoms with Gasteiger partial charge in [0.1, 0.15) is 0 Å². The van der Waals surface area contributed by atoms with E-state index in [0.717, 1.165) is 13.0 Å². The summed E-state index contributed by atoms with van der Waals surface area (Å²) < 4.78 is 1.23. The molecule has 18 heavy (non-hydrogen) atoms. The highest BCUT2D eigenvalue weighted by Crippen LogP contribution is 2.37. The van der Waals surface area contributed by atoms with Gasteiger partial charge in [0.25, 0.3) is 0 Å². The lowest BCUT2D eigenvalue weighted by molar-refractivity contribution is 0.604. The van der Waals surface area contributed by atoms with Gasteiger partial charge >= 0.3 is 0 Å². The van der Waals surface area contributed by atoms with Crippen LogP contribution in [0.25, 0.3) is 0 Å². The lowest BCUT2D eigenvalue weighted by Gasteiger charge is -2.18. The molecule has 0 aromatic carbocycles. The van der Waals surface area contributed by atoms with Crippen molar-refractivity contribution < 1.29 is 0 Å². The van der Waals surface area contributed by atoms with Crippen LogP contribution >= 0.6 is 38.6 Å². The fourth-order valence-electron chi connectivity index (χ4n) is 2.00. The van der Waals surface area contributed by atoms with E-state index in [1.165, 1.54) is 25.4 Å². The van der Waals surface area contributed by atoms with Gasteiger partial charge in [0.2, 0.25) is 0 Å². The highest BCUT2D eigenvalue weighted by Gasteiger charge is 2.20. The largest absolute Gasteiger partial charge is 0.306 e. The Morgan fingerprint density at radius 3 is 2.61 bits per heavy atom. The van der Waals surface area contributed by atoms with Crippen molar-refractivity contribution in [3.05, 3.63) is 42.2 Å². The van der Waals surface area contributed by atoms with E-state index in [-0.39, 0.29) is 0 Å². The molecule has 2 heterocycles. The Labute approximate surface area is 125 Å². The third-order valence-electron chi connectivity index (χ3n) is 2.90. The van der Waals surface area contributed by atoms with E-state index in [0.29, 0.717) is 6.04 Å². The molecule has 0 spiro atoms. The third kappa shape index (κ3) is 3.05. The Balaban J connectivity index is 2.37. The molecule has 2 aromatic heterocycles. The van der Waals surface area contributed by atoms with Gasteiger partial charge in [-0.2, -0.15) is 11.3 Å². The van der Waals surface area contributed by atoms with Crippen LogP contribution in [0, 0.1) is 13.8 Å². The molecule has 2 aromatic rings. The Bertz CT molecular complexity index is 516. The van der Waals surface area contributed by atoms with Crippen LogP contribution < -0.4 is 5.32 Å². The van der Waals surface area contributed by atoms with Crippen molar-refractivity contribution >= 4 is 38.6 Å². The number of hydrogen-bond acceptors (Lipinski definition) is 3. The molecule has 0 aliphatic heterocycles. The standard InChI is InChI=1S/C14H18BrNS2/c1-4-5-16-13(11-8-17-7-9(11)2)14-12(15)6-10(3)18-14/h6-8,13,16H,4-5H2,1-3H3. The summed E-state index contributed by atoms with van der Waals surface area (Å²) in [4.78, 5) is 2.75. The van der Waals surface area contributed by atoms with E-state index in [9.17, 15) is 0 Å². The lowest BCUT2D eigenvalue weighted by Crippen LogP contribution is -2.22. The van der Waals surface area contributed by atoms with Crippen LogP contribution in [0.2, 0.25) is 0 Å². The number of nitrogens with one attached hydrogen (secondary N) is 1. The molecule has 98 valence electrons. The first-order valence-electron chi connectivity index (χ1n) is 6.15. The normalized spacial score (nSPS) is 12.9. The smallest absolute Gasteiger partial charge is 0.0693 e. The van der Waals surface area contributed by atoms with Gasteiger partial charge in [-0.05, 0) is 70.7 Å². The Hall–Kier alpha value is -0.160. The van der Waals surface area contributed by atoms with Gasteiger partial charge in [0, 0.05) is 14.2 Å². The summed E-state index contributed by atoms with van der Waals surface area (Å²) in [6, 6.07) is 2.53. The molecule has 1 N–H and O–H groups in total. The fraction of sp³-hybridized carbons (Fsp3) is 0.429. The molecule has 0 amide bonds. The second-order valence-corrected chi connectivity index (χ2v) is 7.35. The number of aryl methyl sites for hydroxylation is 2. The Morgan fingerprint density at radius 1 is 1.33 bits per heavy atom. The molecule has 4 heteroatoms. The SMILES string of the molecule is CCCNC(c1cscc1C)c1sc(C)cc1Br. The quantitative estimate of drug-likeness (QED) is 0.778. The molecule has 0 fully saturated rings. The van der Waals surface area contributed by atoms with Crippen LogP contribution in [-0.4, -0.2) is 6.54 Å². The molecular formula is C14H18BrNS2. The number of hydrogen-bond donors (Lipinski definition) is 1. The number of rotatable bonds is 5. The van der Waals surface area contributed by atoms with Crippen LogP contribution in [-0.2, 0) is 0 Å². The summed E-state index contributed by atoms with van der Waals surface area (Å²) >= 11 is 7.35. The van der Waals surface area contributed by atoms with Gasteiger partial charge in [-0.25, -0.2) is 0 Å². The van der Waals surface area contributed by atoms with E-state index in [2.05, 4.69) is 58.8 Å². The average Bonchev–Trinajstić information content (AvgIpc) is 2.87. The van der Waals surface area contributed by atoms with E-state index in [4.69, 9.17) is 0 Å². The zero-order valence-electron chi connectivity index (χ0n) is 10.9. The fourth-order valence-corrected chi connectivity index (χ4v) is 4.85. The molecule has 1 atom stereocenters. The Morgan fingerprint density at radius 2 is 2.11 bits per heavy atom. The summed E-state index contributed by atoms with van der Waals surface area (Å²) in [6.45, 7) is 7.61. The summed E-state index contributed by atoms with van der Waals surface area (Å²) in [7, 11) is 0. The molecule has 1 unspecified atom stereocenters. The third-order valence-corrected chi connectivity index (χ3v) is 5.82. The summed E-state index contributed by atoms with van der Waals surface area (Å²) in [6.07, 6.45) is 1.15. The van der Waals surface area contributed by atoms with Crippen LogP contribution in [0.3, 0.4) is 0 Å². The predicted molar refractivity (Wildman–Crippen MR) is 85.9 cm³/mol. The minimum atomic E-state index is 0.323. The van der Waals surface area contributed by atoms with Crippen molar-refractivity contribution in [2.45, 2.75) is 33.2 Å². The molecule has 0 aliphatic carbocycles. The number of thiophene rings is 2. The average molecular weight is 344 g/mol. The minimum absolute atomic E-state index is 0.323. The van der Waals surface area contributed by atoms with Crippen molar-refractivity contribution in [1.29, 1.82) is 0 Å². The van der Waals surface area contributed by atoms with Crippen molar-refractivity contribution in [3.8, 4) is 0 Å². The summed E-state index contributed by atoms with van der Waals surface area (Å²) in [5.41, 5.74) is 2.79. The maximum Gasteiger partial charge on any atom is 0.0693 e. The van der Waals surface area contributed by atoms with Gasteiger partial charge in [0.05, 0.1) is 6.04 Å². The molecular weight excluding hydrogens is 326 g/mol. The summed E-state index contributed by atoms with van der Waals surface area (Å²) in [5, 5.41) is 8.16. The van der Waals surface area contributed by atoms with Crippen molar-refractivity contribution in [2.24, 2.45) is 0 Å². The Kier molecular flexibility index (Phi) is 5.01. The topological polar surface area (TPSA) is 12.0 Å². The molecule has 0 saturated heterocycles. The van der Waals surface area contributed by atoms with Crippen LogP contribution in [0.5, 0.6) is 0 Å². The van der Waals surface area contributed by atoms with E-state index in [1.54, 1.807) is 11.3 Å². The van der Waals surface area contributed by atoms with Gasteiger partial charge in [-0.3, -0.25) is 0 Å². The second kappa shape index (κ2) is 6.33. The van der Waals surface area contributed by atoms with Gasteiger partial charge < -0.3 is 5.32 Å². The van der Waals surface area contributed by atoms with Crippen LogP contribution in [0.15, 0.2) is 21.3 Å². The molecule has 0 radical (unpaired) electrons. The zero-order valence-corrected chi connectivity index (χ0v) is 14.1. The van der Waals surface area contributed by atoms with Crippen LogP contribution in [0.1, 0.15) is 40.3 Å². The van der Waals surface area contributed by atoms with Gasteiger partial charge in [-0.1, -0.05) is 6.92 Å². The van der Waals surface area contributed by atoms with Crippen molar-refractivity contribution in [2.75, 3.05) is 6.54 Å². The zero-order chi connectivity index (χ0) is 13.1. The first kappa shape index (κ1) is 14.3. The molecule has 0 saturated carbocycles. The minimum Gasteiger partial charge on any atom is -0.306 e. The molecule has 1 nitrogen and oxygen atoms in total. The second-order valence-electron chi connectivity index (χ2n) is 4.47. The first-order valence-corrected chi connectivity index (χ1v) is 8.70. The van der Waals surface area contributed by atoms with Gasteiger partial charge in [0.15, 0.2) is 0 Å². The highest BCUT2D eigenvalue weighted by atomic mass is 79.9. The molecule has 2 rings (SSSR count). The van der Waals surface area contributed by atoms with Gasteiger partial charge in [-0.15, -0.1) is 11.3 Å². The molecule has 0 aliphatic rings. The maximum atomic E-state index is 3.69. The van der Waals surface area contributed by atoms with Crippen molar-refractivity contribution in [3.63, 3.8) is 0 Å². The van der Waals surface area contributed by atoms with Crippen molar-refractivity contribution in [1.82, 2.24) is 5.32 Å². The highest BCUT2D eigenvalue weighted by molar-refractivity contribution is 9.10. The maximum absolute atomic E-state index is 3.69. The van der Waals surface area contributed by atoms with E-state index >= 15 is 0 Å².